The summed E-state index contributed by atoms with van der Waals surface area (Å²) in [5, 5.41) is 0. The van der Waals surface area contributed by atoms with Crippen LogP contribution in [0.25, 0.3) is 0 Å². The molecule has 1 aliphatic heterocycles. The zero-order valence-corrected chi connectivity index (χ0v) is 7.15. The largest absolute Gasteiger partial charge is 0.457 e. The third-order valence-corrected chi connectivity index (χ3v) is 2.03. The summed E-state index contributed by atoms with van der Waals surface area (Å²) < 4.78 is 4.77. The summed E-state index contributed by atoms with van der Waals surface area (Å²) in [5.41, 5.74) is 1.47. The fraction of sp³-hybridized carbons (Fsp3) is 0.111. The van der Waals surface area contributed by atoms with Crippen LogP contribution in [0, 0.1) is 0 Å². The number of fused-ring (bicyclic) bond motifs is 1. The number of carbonyl (C=O) groups is 2. The number of esters is 1. The molecule has 0 atom stereocenters. The van der Waals surface area contributed by atoms with Crippen LogP contribution in [0.5, 0.6) is 0 Å². The number of benzene rings is 1. The van der Waals surface area contributed by atoms with E-state index in [0.29, 0.717) is 16.7 Å². The number of nitrogens with two attached hydrogens (primary N) is 1. The van der Waals surface area contributed by atoms with Gasteiger partial charge in [0, 0.05) is 5.56 Å². The number of cyclic esters (lactones) is 1. The summed E-state index contributed by atoms with van der Waals surface area (Å²) in [4.78, 5) is 26.1. The molecule has 5 nitrogen and oxygen atoms in total. The molecule has 0 spiro atoms. The molecular weight excluding hydrogens is 186 g/mol. The van der Waals surface area contributed by atoms with Crippen molar-refractivity contribution in [3.8, 4) is 0 Å². The minimum atomic E-state index is -0.632. The molecule has 0 saturated heterocycles. The van der Waals surface area contributed by atoms with Gasteiger partial charge < -0.3 is 9.57 Å². The molecule has 0 saturated carbocycles. The number of hydrogen-bond donors (Lipinski definition) is 1. The molecule has 0 unspecified atom stereocenters. The third-order valence-electron chi connectivity index (χ3n) is 2.03. The Bertz CT molecular complexity index is 413. The second-order valence-corrected chi connectivity index (χ2v) is 2.85. The second-order valence-electron chi connectivity index (χ2n) is 2.85. The van der Waals surface area contributed by atoms with Gasteiger partial charge >= 0.3 is 11.9 Å². The van der Waals surface area contributed by atoms with E-state index < -0.39 is 5.97 Å². The van der Waals surface area contributed by atoms with Gasteiger partial charge in [0.05, 0.1) is 11.1 Å². The summed E-state index contributed by atoms with van der Waals surface area (Å²) in [6.45, 7) is 0.194. The fourth-order valence-corrected chi connectivity index (χ4v) is 1.33. The number of hydrogen-bond acceptors (Lipinski definition) is 5. The highest BCUT2D eigenvalue weighted by atomic mass is 16.7. The van der Waals surface area contributed by atoms with E-state index in [1.165, 1.54) is 18.2 Å². The van der Waals surface area contributed by atoms with Gasteiger partial charge in [-0.3, -0.25) is 0 Å². The van der Waals surface area contributed by atoms with Crippen LogP contribution in [0.2, 0.25) is 0 Å². The van der Waals surface area contributed by atoms with Crippen LogP contribution in [0.15, 0.2) is 18.2 Å². The van der Waals surface area contributed by atoms with E-state index >= 15 is 0 Å². The molecule has 1 aromatic carbocycles. The van der Waals surface area contributed by atoms with Gasteiger partial charge in [-0.1, -0.05) is 0 Å². The van der Waals surface area contributed by atoms with E-state index in [0.717, 1.165) is 0 Å². The van der Waals surface area contributed by atoms with Crippen molar-refractivity contribution in [1.82, 2.24) is 0 Å². The molecular formula is C9H7NO4. The van der Waals surface area contributed by atoms with Crippen LogP contribution in [-0.2, 0) is 16.2 Å². The van der Waals surface area contributed by atoms with Gasteiger partial charge in [-0.25, -0.2) is 9.59 Å². The van der Waals surface area contributed by atoms with E-state index in [1.54, 1.807) is 0 Å². The van der Waals surface area contributed by atoms with E-state index in [-0.39, 0.29) is 12.6 Å². The maximum Gasteiger partial charge on any atom is 0.356 e. The number of ether oxygens (including phenoxy) is 1. The van der Waals surface area contributed by atoms with Crippen LogP contribution in [0.1, 0.15) is 26.3 Å². The Morgan fingerprint density at radius 3 is 3.00 bits per heavy atom. The lowest BCUT2D eigenvalue weighted by Gasteiger charge is -1.99. The Morgan fingerprint density at radius 2 is 2.29 bits per heavy atom. The van der Waals surface area contributed by atoms with Crippen molar-refractivity contribution >= 4 is 11.9 Å². The van der Waals surface area contributed by atoms with Crippen LogP contribution in [0.3, 0.4) is 0 Å². The summed E-state index contributed by atoms with van der Waals surface area (Å²) >= 11 is 0. The van der Waals surface area contributed by atoms with Crippen molar-refractivity contribution in [1.29, 1.82) is 0 Å². The normalized spacial score (nSPS) is 13.4. The zero-order chi connectivity index (χ0) is 10.1. The molecule has 0 aromatic heterocycles. The monoisotopic (exact) mass is 193 g/mol. The van der Waals surface area contributed by atoms with Crippen molar-refractivity contribution in [2.45, 2.75) is 6.61 Å². The first kappa shape index (κ1) is 8.71. The standard InChI is InChI=1S/C9H7NO4/c10-14-8(11)5-1-2-7-6(3-5)4-13-9(7)12/h1-3H,4,10H2. The second kappa shape index (κ2) is 3.12. The lowest BCUT2D eigenvalue weighted by Crippen LogP contribution is -2.10. The predicted octanol–water partition coefficient (Wildman–Crippen LogP) is 0.388. The first-order chi connectivity index (χ1) is 6.72. The SMILES string of the molecule is NOC(=O)c1ccc2c(c1)COC2=O. The molecule has 1 aromatic rings. The zero-order valence-electron chi connectivity index (χ0n) is 7.15. The van der Waals surface area contributed by atoms with Crippen LogP contribution >= 0.6 is 0 Å². The molecule has 0 amide bonds. The van der Waals surface area contributed by atoms with E-state index in [1.807, 2.05) is 0 Å². The highest BCUT2D eigenvalue weighted by Crippen LogP contribution is 2.21. The first-order valence-corrected chi connectivity index (χ1v) is 3.93. The van der Waals surface area contributed by atoms with E-state index in [9.17, 15) is 9.59 Å². The number of carbonyl (C=O) groups excluding carboxylic acids is 2. The molecule has 0 bridgehead atoms. The van der Waals surface area contributed by atoms with Crippen LogP contribution < -0.4 is 5.90 Å². The van der Waals surface area contributed by atoms with Crippen molar-refractivity contribution in [3.63, 3.8) is 0 Å². The lowest BCUT2D eigenvalue weighted by molar-refractivity contribution is 0.0502. The van der Waals surface area contributed by atoms with Crippen LogP contribution in [0.4, 0.5) is 0 Å². The Morgan fingerprint density at radius 1 is 1.50 bits per heavy atom. The molecule has 0 fully saturated rings. The molecule has 1 heterocycles. The van der Waals surface area contributed by atoms with Gasteiger partial charge in [0.2, 0.25) is 0 Å². The van der Waals surface area contributed by atoms with Crippen LogP contribution in [-0.4, -0.2) is 11.9 Å². The average Bonchev–Trinajstić information content (AvgIpc) is 2.59. The maximum atomic E-state index is 11.1. The minimum absolute atomic E-state index is 0.194. The van der Waals surface area contributed by atoms with Crippen molar-refractivity contribution in [2.24, 2.45) is 5.90 Å². The molecule has 2 N–H and O–H groups in total. The summed E-state index contributed by atoms with van der Waals surface area (Å²) in [5.74, 6) is 3.73. The topological polar surface area (TPSA) is 78.6 Å². The van der Waals surface area contributed by atoms with Gasteiger partial charge in [-0.2, -0.15) is 5.90 Å². The fourth-order valence-electron chi connectivity index (χ4n) is 1.33. The molecule has 5 heteroatoms. The summed E-state index contributed by atoms with van der Waals surface area (Å²) in [6, 6.07) is 4.53. The van der Waals surface area contributed by atoms with Gasteiger partial charge in [0.15, 0.2) is 0 Å². The molecule has 2 rings (SSSR count). The smallest absolute Gasteiger partial charge is 0.356 e. The molecule has 14 heavy (non-hydrogen) atoms. The quantitative estimate of drug-likeness (QED) is 0.515. The van der Waals surface area contributed by atoms with Gasteiger partial charge in [-0.05, 0) is 18.2 Å². The average molecular weight is 193 g/mol. The predicted molar refractivity (Wildman–Crippen MR) is 45.2 cm³/mol. The Balaban J connectivity index is 2.42. The van der Waals surface area contributed by atoms with Crippen molar-refractivity contribution in [3.05, 3.63) is 34.9 Å². The molecule has 0 radical (unpaired) electrons. The Labute approximate surface area is 79.4 Å². The summed E-state index contributed by atoms with van der Waals surface area (Å²) in [6.07, 6.45) is 0. The van der Waals surface area contributed by atoms with E-state index in [2.05, 4.69) is 4.84 Å². The van der Waals surface area contributed by atoms with Crippen molar-refractivity contribution in [2.75, 3.05) is 0 Å². The Hall–Kier alpha value is -1.88. The third kappa shape index (κ3) is 1.23. The molecule has 72 valence electrons. The molecule has 0 aliphatic carbocycles. The summed E-state index contributed by atoms with van der Waals surface area (Å²) in [7, 11) is 0. The Kier molecular flexibility index (Phi) is 1.94. The first-order valence-electron chi connectivity index (χ1n) is 3.93. The van der Waals surface area contributed by atoms with E-state index in [4.69, 9.17) is 10.6 Å². The molecule has 1 aliphatic rings. The lowest BCUT2D eigenvalue weighted by atomic mass is 10.1. The number of rotatable bonds is 1. The minimum Gasteiger partial charge on any atom is -0.457 e. The van der Waals surface area contributed by atoms with Crippen molar-refractivity contribution < 1.29 is 19.2 Å². The highest BCUT2D eigenvalue weighted by Gasteiger charge is 2.22. The highest BCUT2D eigenvalue weighted by molar-refractivity contribution is 5.96. The van der Waals surface area contributed by atoms with Gasteiger partial charge in [0.1, 0.15) is 6.61 Å². The van der Waals surface area contributed by atoms with Gasteiger partial charge in [0.25, 0.3) is 0 Å². The maximum absolute atomic E-state index is 11.1. The van der Waals surface area contributed by atoms with Gasteiger partial charge in [-0.15, -0.1) is 0 Å².